The lowest BCUT2D eigenvalue weighted by molar-refractivity contribution is 0.0519. The van der Waals surface area contributed by atoms with Gasteiger partial charge in [-0.1, -0.05) is 18.2 Å². The Balaban J connectivity index is 1.39. The van der Waals surface area contributed by atoms with E-state index in [9.17, 15) is 4.79 Å². The maximum atomic E-state index is 12.0. The summed E-state index contributed by atoms with van der Waals surface area (Å²) in [5.41, 5.74) is 1.37. The molecule has 0 bridgehead atoms. The molecule has 0 aliphatic carbocycles. The number of hydrogen-bond donors (Lipinski definition) is 4. The number of rotatable bonds is 17. The quantitative estimate of drug-likeness (QED) is 0.188. The lowest BCUT2D eigenvalue weighted by Crippen LogP contribution is -2.27. The van der Waals surface area contributed by atoms with Crippen molar-refractivity contribution in [2.75, 3.05) is 69.7 Å². The van der Waals surface area contributed by atoms with Crippen LogP contribution in [0.1, 0.15) is 24.2 Å². The molecule has 1 amide bonds. The predicted molar refractivity (Wildman–Crippen MR) is 150 cm³/mol. The Kier molecular flexibility index (Phi) is 12.0. The van der Waals surface area contributed by atoms with Crippen molar-refractivity contribution in [3.63, 3.8) is 0 Å². The number of nitrogens with one attached hydrogen (secondary N) is 4. The molecule has 4 N–H and O–H groups in total. The van der Waals surface area contributed by atoms with Crippen LogP contribution in [-0.4, -0.2) is 80.6 Å². The van der Waals surface area contributed by atoms with Crippen LogP contribution in [-0.2, 0) is 9.47 Å². The van der Waals surface area contributed by atoms with E-state index in [1.165, 1.54) is 0 Å². The fraction of sp³-hybridized carbons (Fsp3) is 0.407. The number of aromatic nitrogens is 3. The molecule has 0 fully saturated rings. The van der Waals surface area contributed by atoms with Gasteiger partial charge in [-0.3, -0.25) is 4.79 Å². The second kappa shape index (κ2) is 15.9. The van der Waals surface area contributed by atoms with Crippen molar-refractivity contribution in [1.29, 1.82) is 0 Å². The topological polar surface area (TPSA) is 141 Å². The van der Waals surface area contributed by atoms with Gasteiger partial charge in [-0.2, -0.15) is 15.0 Å². The van der Waals surface area contributed by atoms with Crippen LogP contribution in [0, 0.1) is 0 Å². The van der Waals surface area contributed by atoms with Gasteiger partial charge in [-0.25, -0.2) is 0 Å². The third kappa shape index (κ3) is 10.3. The van der Waals surface area contributed by atoms with E-state index >= 15 is 0 Å². The van der Waals surface area contributed by atoms with Gasteiger partial charge in [0.15, 0.2) is 11.5 Å². The SMILES string of the molecule is COc1ccc(Nc2nc(NCCOCCOCCNC(=O)c3ccccc3)nc(NC(C)C)n2)cc1OC. The summed E-state index contributed by atoms with van der Waals surface area (Å²) in [6.07, 6.45) is 0. The molecular formula is C27H37N7O5. The highest BCUT2D eigenvalue weighted by atomic mass is 16.5. The molecule has 0 unspecified atom stereocenters. The van der Waals surface area contributed by atoms with E-state index in [0.717, 1.165) is 5.69 Å². The molecule has 1 heterocycles. The molecule has 0 saturated heterocycles. The van der Waals surface area contributed by atoms with Crippen LogP contribution < -0.4 is 30.7 Å². The summed E-state index contributed by atoms with van der Waals surface area (Å²) in [7, 11) is 3.17. The van der Waals surface area contributed by atoms with Crippen LogP contribution >= 0.6 is 0 Å². The number of amides is 1. The second-order valence-electron chi connectivity index (χ2n) is 8.57. The van der Waals surface area contributed by atoms with Crippen LogP contribution in [0.4, 0.5) is 23.5 Å². The molecule has 12 nitrogen and oxygen atoms in total. The molecule has 0 aliphatic heterocycles. The highest BCUT2D eigenvalue weighted by Crippen LogP contribution is 2.30. The zero-order chi connectivity index (χ0) is 27.9. The summed E-state index contributed by atoms with van der Waals surface area (Å²) < 4.78 is 21.8. The first-order chi connectivity index (χ1) is 19.0. The summed E-state index contributed by atoms with van der Waals surface area (Å²) in [5.74, 6) is 2.33. The Morgan fingerprint density at radius 3 is 2.15 bits per heavy atom. The van der Waals surface area contributed by atoms with Gasteiger partial charge in [-0.15, -0.1) is 0 Å². The standard InChI is InChI=1S/C27H37N7O5/c1-19(2)30-26-32-25(33-27(34-26)31-21-10-11-22(36-3)23(18-21)37-4)29-13-15-39-17-16-38-14-12-28-24(35)20-8-6-5-7-9-20/h5-11,18-19H,12-17H2,1-4H3,(H,28,35)(H3,29,30,31,32,33,34). The normalized spacial score (nSPS) is 10.7. The molecule has 39 heavy (non-hydrogen) atoms. The first kappa shape index (κ1) is 29.4. The van der Waals surface area contributed by atoms with Crippen LogP contribution in [0.15, 0.2) is 48.5 Å². The van der Waals surface area contributed by atoms with E-state index < -0.39 is 0 Å². The van der Waals surface area contributed by atoms with Crippen LogP contribution in [0.5, 0.6) is 11.5 Å². The van der Waals surface area contributed by atoms with Gasteiger partial charge in [0.25, 0.3) is 5.91 Å². The van der Waals surface area contributed by atoms with Crippen LogP contribution in [0.25, 0.3) is 0 Å². The number of ether oxygens (including phenoxy) is 4. The molecule has 12 heteroatoms. The summed E-state index contributed by atoms with van der Waals surface area (Å²) in [5, 5.41) is 12.4. The number of nitrogens with zero attached hydrogens (tertiary/aromatic N) is 3. The third-order valence-corrected chi connectivity index (χ3v) is 5.16. The smallest absolute Gasteiger partial charge is 0.251 e. The fourth-order valence-electron chi connectivity index (χ4n) is 3.36. The lowest BCUT2D eigenvalue weighted by atomic mass is 10.2. The summed E-state index contributed by atoms with van der Waals surface area (Å²) in [6, 6.07) is 14.7. The number of benzene rings is 2. The molecule has 0 aliphatic rings. The van der Waals surface area contributed by atoms with Crippen molar-refractivity contribution in [2.45, 2.75) is 19.9 Å². The van der Waals surface area contributed by atoms with Crippen molar-refractivity contribution in [3.8, 4) is 11.5 Å². The van der Waals surface area contributed by atoms with Crippen molar-refractivity contribution in [2.24, 2.45) is 0 Å². The zero-order valence-corrected chi connectivity index (χ0v) is 22.8. The maximum Gasteiger partial charge on any atom is 0.251 e. The average Bonchev–Trinajstić information content (AvgIpc) is 2.93. The van der Waals surface area contributed by atoms with E-state index in [4.69, 9.17) is 18.9 Å². The Morgan fingerprint density at radius 2 is 1.46 bits per heavy atom. The van der Waals surface area contributed by atoms with Gasteiger partial charge in [0.05, 0.1) is 40.6 Å². The second-order valence-corrected chi connectivity index (χ2v) is 8.57. The highest BCUT2D eigenvalue weighted by Gasteiger charge is 2.10. The summed E-state index contributed by atoms with van der Waals surface area (Å²) >= 11 is 0. The lowest BCUT2D eigenvalue weighted by Gasteiger charge is -2.14. The Hall–Kier alpha value is -4.16. The number of carbonyl (C=O) groups is 1. The van der Waals surface area contributed by atoms with Gasteiger partial charge in [0.1, 0.15) is 0 Å². The van der Waals surface area contributed by atoms with E-state index in [0.29, 0.717) is 74.4 Å². The highest BCUT2D eigenvalue weighted by molar-refractivity contribution is 5.94. The number of anilines is 4. The monoisotopic (exact) mass is 539 g/mol. The van der Waals surface area contributed by atoms with Gasteiger partial charge in [0.2, 0.25) is 17.8 Å². The molecule has 3 aromatic rings. The minimum atomic E-state index is -0.117. The van der Waals surface area contributed by atoms with Gasteiger partial charge in [-0.05, 0) is 38.1 Å². The summed E-state index contributed by atoms with van der Waals surface area (Å²) in [4.78, 5) is 25.3. The van der Waals surface area contributed by atoms with E-state index in [1.807, 2.05) is 38.1 Å². The van der Waals surface area contributed by atoms with E-state index in [2.05, 4.69) is 36.2 Å². The molecule has 2 aromatic carbocycles. The largest absolute Gasteiger partial charge is 0.493 e. The van der Waals surface area contributed by atoms with Crippen LogP contribution in [0.3, 0.4) is 0 Å². The first-order valence-corrected chi connectivity index (χ1v) is 12.7. The molecule has 0 saturated carbocycles. The Morgan fingerprint density at radius 1 is 0.795 bits per heavy atom. The molecule has 0 radical (unpaired) electrons. The zero-order valence-electron chi connectivity index (χ0n) is 22.8. The molecule has 210 valence electrons. The van der Waals surface area contributed by atoms with Crippen molar-refractivity contribution >= 4 is 29.4 Å². The van der Waals surface area contributed by atoms with E-state index in [1.54, 1.807) is 38.5 Å². The molecule has 1 aromatic heterocycles. The van der Waals surface area contributed by atoms with E-state index in [-0.39, 0.29) is 11.9 Å². The maximum absolute atomic E-state index is 12.0. The van der Waals surface area contributed by atoms with Crippen molar-refractivity contribution in [1.82, 2.24) is 20.3 Å². The number of methoxy groups -OCH3 is 2. The molecular weight excluding hydrogens is 502 g/mol. The minimum absolute atomic E-state index is 0.117. The number of hydrogen-bond acceptors (Lipinski definition) is 11. The van der Waals surface area contributed by atoms with Gasteiger partial charge in [0, 0.05) is 36.4 Å². The molecule has 0 spiro atoms. The average molecular weight is 540 g/mol. The van der Waals surface area contributed by atoms with Crippen molar-refractivity contribution < 1.29 is 23.7 Å². The summed E-state index contributed by atoms with van der Waals surface area (Å²) in [6.45, 7) is 6.64. The first-order valence-electron chi connectivity index (χ1n) is 12.7. The van der Waals surface area contributed by atoms with Crippen molar-refractivity contribution in [3.05, 3.63) is 54.1 Å². The Bertz CT molecular complexity index is 1160. The van der Waals surface area contributed by atoms with Crippen LogP contribution in [0.2, 0.25) is 0 Å². The van der Waals surface area contributed by atoms with Gasteiger partial charge < -0.3 is 40.2 Å². The minimum Gasteiger partial charge on any atom is -0.493 e. The number of carbonyl (C=O) groups excluding carboxylic acids is 1. The van der Waals surface area contributed by atoms with Gasteiger partial charge >= 0.3 is 0 Å². The predicted octanol–water partition coefficient (Wildman–Crippen LogP) is 3.33. The Labute approximate surface area is 228 Å². The molecule has 0 atom stereocenters. The fourth-order valence-corrected chi connectivity index (χ4v) is 3.36. The third-order valence-electron chi connectivity index (χ3n) is 5.16. The molecule has 3 rings (SSSR count).